The van der Waals surface area contributed by atoms with Crippen LogP contribution < -0.4 is 5.73 Å². The lowest BCUT2D eigenvalue weighted by Gasteiger charge is -2.36. The molecule has 0 aromatic carbocycles. The normalized spacial score (nSPS) is 23.8. The number of nitrogens with zero attached hydrogens (tertiary/aromatic N) is 4. The highest BCUT2D eigenvalue weighted by Crippen LogP contribution is 2.32. The van der Waals surface area contributed by atoms with Crippen molar-refractivity contribution in [2.24, 2.45) is 17.6 Å². The lowest BCUT2D eigenvalue weighted by atomic mass is 9.94. The van der Waals surface area contributed by atoms with E-state index in [1.807, 2.05) is 11.8 Å². The summed E-state index contributed by atoms with van der Waals surface area (Å²) in [6.45, 7) is 6.62. The number of aryl methyl sites for hydroxylation is 1. The third-order valence-electron chi connectivity index (χ3n) is 5.14. The minimum Gasteiger partial charge on any atom is -0.340 e. The Labute approximate surface area is 161 Å². The monoisotopic (exact) mass is 393 g/mol. The number of carbonyl (C=O) groups is 1. The lowest BCUT2D eigenvalue weighted by Crippen LogP contribution is -2.50. The Bertz CT molecular complexity index is 534. The summed E-state index contributed by atoms with van der Waals surface area (Å²) in [6, 6.07) is 0. The lowest BCUT2D eigenvalue weighted by molar-refractivity contribution is -0.138. The number of aromatic nitrogens is 2. The van der Waals surface area contributed by atoms with Gasteiger partial charge in [-0.3, -0.25) is 9.69 Å². The van der Waals surface area contributed by atoms with Crippen LogP contribution in [0, 0.1) is 11.8 Å². The van der Waals surface area contributed by atoms with Gasteiger partial charge >= 0.3 is 0 Å². The number of piperazine rings is 1. The SMILES string of the molecule is CCc1nc(CN2CCN(C(=O)[C@@H]3CCC[C@@H]3CN)CC2)no1.Cl.Cl. The quantitative estimate of drug-likeness (QED) is 0.814. The van der Waals surface area contributed by atoms with E-state index in [-0.39, 0.29) is 30.7 Å². The Morgan fingerprint density at radius 3 is 2.56 bits per heavy atom. The Balaban J connectivity index is 0.00000156. The summed E-state index contributed by atoms with van der Waals surface area (Å²) in [5.74, 6) is 2.26. The van der Waals surface area contributed by atoms with Crippen LogP contribution in [0.1, 0.15) is 37.9 Å². The molecule has 3 rings (SSSR count). The Kier molecular flexibility index (Phi) is 9.13. The van der Waals surface area contributed by atoms with E-state index in [2.05, 4.69) is 15.0 Å². The highest BCUT2D eigenvalue weighted by Gasteiger charge is 2.35. The van der Waals surface area contributed by atoms with Crippen LogP contribution in [-0.2, 0) is 17.8 Å². The zero-order chi connectivity index (χ0) is 16.2. The molecular formula is C16H29Cl2N5O2. The highest BCUT2D eigenvalue weighted by atomic mass is 35.5. The fourth-order valence-corrected chi connectivity index (χ4v) is 3.70. The zero-order valence-corrected chi connectivity index (χ0v) is 16.4. The number of carbonyl (C=O) groups excluding carboxylic acids is 1. The van der Waals surface area contributed by atoms with E-state index in [0.29, 0.717) is 30.8 Å². The van der Waals surface area contributed by atoms with Gasteiger partial charge in [-0.2, -0.15) is 4.98 Å². The molecule has 1 aromatic heterocycles. The maximum Gasteiger partial charge on any atom is 0.226 e. The van der Waals surface area contributed by atoms with Crippen molar-refractivity contribution in [2.45, 2.75) is 39.2 Å². The van der Waals surface area contributed by atoms with Gasteiger partial charge < -0.3 is 15.2 Å². The molecule has 1 amide bonds. The van der Waals surface area contributed by atoms with Crippen molar-refractivity contribution in [3.8, 4) is 0 Å². The summed E-state index contributed by atoms with van der Waals surface area (Å²) in [7, 11) is 0. The second-order valence-corrected chi connectivity index (χ2v) is 6.59. The Hall–Kier alpha value is -0.890. The van der Waals surface area contributed by atoms with Gasteiger partial charge in [0, 0.05) is 38.5 Å². The molecule has 9 heteroatoms. The van der Waals surface area contributed by atoms with E-state index >= 15 is 0 Å². The molecule has 0 radical (unpaired) electrons. The molecule has 0 bridgehead atoms. The molecule has 1 aliphatic carbocycles. The molecule has 2 aliphatic rings. The van der Waals surface area contributed by atoms with Gasteiger partial charge in [-0.1, -0.05) is 18.5 Å². The van der Waals surface area contributed by atoms with E-state index in [0.717, 1.165) is 57.7 Å². The van der Waals surface area contributed by atoms with Crippen LogP contribution in [-0.4, -0.2) is 58.6 Å². The molecule has 2 N–H and O–H groups in total. The first-order chi connectivity index (χ1) is 11.2. The van der Waals surface area contributed by atoms with Crippen molar-refractivity contribution < 1.29 is 9.32 Å². The molecule has 2 fully saturated rings. The summed E-state index contributed by atoms with van der Waals surface area (Å²) in [5, 5.41) is 4.00. The average Bonchev–Trinajstić information content (AvgIpc) is 3.23. The summed E-state index contributed by atoms with van der Waals surface area (Å²) < 4.78 is 5.14. The first-order valence-corrected chi connectivity index (χ1v) is 8.74. The van der Waals surface area contributed by atoms with Crippen LogP contribution >= 0.6 is 24.8 Å². The van der Waals surface area contributed by atoms with E-state index in [1.165, 1.54) is 0 Å². The van der Waals surface area contributed by atoms with Gasteiger partial charge in [0.1, 0.15) is 0 Å². The van der Waals surface area contributed by atoms with Crippen LogP contribution in [0.3, 0.4) is 0 Å². The number of nitrogens with two attached hydrogens (primary N) is 1. The minimum atomic E-state index is 0. The Morgan fingerprint density at radius 2 is 1.96 bits per heavy atom. The summed E-state index contributed by atoms with van der Waals surface area (Å²) >= 11 is 0. The molecule has 1 aromatic rings. The Morgan fingerprint density at radius 1 is 1.24 bits per heavy atom. The van der Waals surface area contributed by atoms with Crippen molar-refractivity contribution in [3.63, 3.8) is 0 Å². The molecule has 1 aliphatic heterocycles. The smallest absolute Gasteiger partial charge is 0.226 e. The van der Waals surface area contributed by atoms with E-state index in [1.54, 1.807) is 0 Å². The first kappa shape index (κ1) is 22.2. The molecular weight excluding hydrogens is 365 g/mol. The van der Waals surface area contributed by atoms with Gasteiger partial charge in [0.2, 0.25) is 11.8 Å². The van der Waals surface area contributed by atoms with Gasteiger partial charge in [-0.05, 0) is 25.3 Å². The molecule has 25 heavy (non-hydrogen) atoms. The van der Waals surface area contributed by atoms with Crippen LogP contribution in [0.5, 0.6) is 0 Å². The minimum absolute atomic E-state index is 0. The highest BCUT2D eigenvalue weighted by molar-refractivity contribution is 5.85. The molecule has 1 saturated carbocycles. The predicted octanol–water partition coefficient (Wildman–Crippen LogP) is 1.49. The van der Waals surface area contributed by atoms with E-state index in [9.17, 15) is 4.79 Å². The van der Waals surface area contributed by atoms with Crippen molar-refractivity contribution >= 4 is 30.7 Å². The molecule has 2 atom stereocenters. The fraction of sp³-hybridized carbons (Fsp3) is 0.812. The summed E-state index contributed by atoms with van der Waals surface area (Å²) in [5.41, 5.74) is 5.81. The van der Waals surface area contributed by atoms with Crippen molar-refractivity contribution in [2.75, 3.05) is 32.7 Å². The van der Waals surface area contributed by atoms with E-state index < -0.39 is 0 Å². The van der Waals surface area contributed by atoms with Crippen molar-refractivity contribution in [1.29, 1.82) is 0 Å². The number of hydrogen-bond acceptors (Lipinski definition) is 6. The summed E-state index contributed by atoms with van der Waals surface area (Å²) in [4.78, 5) is 21.3. The summed E-state index contributed by atoms with van der Waals surface area (Å²) in [6.07, 6.45) is 4.00. The maximum atomic E-state index is 12.7. The van der Waals surface area contributed by atoms with Crippen LogP contribution in [0.15, 0.2) is 4.52 Å². The standard InChI is InChI=1S/C16H27N5O2.2ClH/c1-2-15-18-14(19-23-15)11-20-6-8-21(9-7-20)16(22)13-5-3-4-12(13)10-17;;/h12-13H,2-11,17H2,1H3;2*1H/t12-,13-;;/m1../s1. The predicted molar refractivity (Wildman–Crippen MR) is 99.9 cm³/mol. The largest absolute Gasteiger partial charge is 0.340 e. The van der Waals surface area contributed by atoms with Crippen molar-refractivity contribution in [1.82, 2.24) is 19.9 Å². The molecule has 144 valence electrons. The van der Waals surface area contributed by atoms with Gasteiger partial charge in [-0.15, -0.1) is 24.8 Å². The molecule has 0 spiro atoms. The second kappa shape index (κ2) is 10.3. The van der Waals surface area contributed by atoms with Gasteiger partial charge in [0.25, 0.3) is 0 Å². The third-order valence-corrected chi connectivity index (χ3v) is 5.14. The van der Waals surface area contributed by atoms with Crippen LogP contribution in [0.4, 0.5) is 0 Å². The fourth-order valence-electron chi connectivity index (χ4n) is 3.70. The van der Waals surface area contributed by atoms with Gasteiger partial charge in [0.15, 0.2) is 5.82 Å². The average molecular weight is 394 g/mol. The first-order valence-electron chi connectivity index (χ1n) is 8.74. The van der Waals surface area contributed by atoms with Crippen molar-refractivity contribution in [3.05, 3.63) is 11.7 Å². The topological polar surface area (TPSA) is 88.5 Å². The molecule has 1 saturated heterocycles. The van der Waals surface area contributed by atoms with Gasteiger partial charge in [-0.25, -0.2) is 0 Å². The molecule has 0 unspecified atom stereocenters. The van der Waals surface area contributed by atoms with Crippen LogP contribution in [0.25, 0.3) is 0 Å². The maximum absolute atomic E-state index is 12.7. The van der Waals surface area contributed by atoms with Crippen LogP contribution in [0.2, 0.25) is 0 Å². The van der Waals surface area contributed by atoms with Gasteiger partial charge in [0.05, 0.1) is 6.54 Å². The third kappa shape index (κ3) is 5.29. The zero-order valence-electron chi connectivity index (χ0n) is 14.7. The number of hydrogen-bond donors (Lipinski definition) is 1. The molecule has 2 heterocycles. The number of rotatable bonds is 5. The number of amides is 1. The van der Waals surface area contributed by atoms with E-state index in [4.69, 9.17) is 10.3 Å². The second-order valence-electron chi connectivity index (χ2n) is 6.59. The molecule has 7 nitrogen and oxygen atoms in total. The number of halogens is 2.